The van der Waals surface area contributed by atoms with E-state index < -0.39 is 5.92 Å². The van der Waals surface area contributed by atoms with E-state index in [0.717, 1.165) is 40.1 Å². The topological polar surface area (TPSA) is 104 Å². The van der Waals surface area contributed by atoms with Crippen LogP contribution >= 0.6 is 23.1 Å². The van der Waals surface area contributed by atoms with Gasteiger partial charge in [-0.15, -0.1) is 21.5 Å². The van der Waals surface area contributed by atoms with Crippen LogP contribution in [0.5, 0.6) is 23.0 Å². The maximum Gasteiger partial charge on any atom is 0.231 e. The van der Waals surface area contributed by atoms with Gasteiger partial charge in [-0.25, -0.2) is 0 Å². The monoisotopic (exact) mass is 495 g/mol. The molecule has 8 nitrogen and oxygen atoms in total. The maximum atomic E-state index is 13.0. The Morgan fingerprint density at radius 1 is 1.15 bits per heavy atom. The van der Waals surface area contributed by atoms with Crippen molar-refractivity contribution in [2.45, 2.75) is 25.9 Å². The third-order valence-corrected chi connectivity index (χ3v) is 7.46. The summed E-state index contributed by atoms with van der Waals surface area (Å²) in [5.41, 5.74) is 1.72. The lowest BCUT2D eigenvalue weighted by Crippen LogP contribution is -2.11. The standard InChI is InChI=1S/C24H21N3O5S2/c1-3-20-26-27-24(34-20)21-22(28)19(33-23(21)25)10-13-4-6-15(17(8-13)29-2)30-11-14-5-7-16-18(9-14)32-12-31-16/h4-10,21,25H,3,11-12H2,1-2H3/b19-10-,25-23?/t21-/m1/s1. The molecule has 174 valence electrons. The Hall–Kier alpha value is -3.37. The van der Waals surface area contributed by atoms with Crippen LogP contribution in [0, 0.1) is 5.41 Å². The number of nitrogens with one attached hydrogen (secondary N) is 1. The molecule has 0 bridgehead atoms. The van der Waals surface area contributed by atoms with E-state index in [-0.39, 0.29) is 17.6 Å². The number of aromatic nitrogens is 2. The molecule has 2 aliphatic rings. The molecule has 34 heavy (non-hydrogen) atoms. The van der Waals surface area contributed by atoms with Crippen LogP contribution in [-0.2, 0) is 17.8 Å². The van der Waals surface area contributed by atoms with Crippen LogP contribution in [0.3, 0.4) is 0 Å². The number of thioether (sulfide) groups is 1. The van der Waals surface area contributed by atoms with E-state index in [1.807, 2.05) is 43.3 Å². The van der Waals surface area contributed by atoms with Crippen molar-refractivity contribution in [3.63, 3.8) is 0 Å². The van der Waals surface area contributed by atoms with Gasteiger partial charge in [-0.3, -0.25) is 10.2 Å². The number of Topliss-reactive ketones (excluding diaryl/α,β-unsaturated/α-hetero) is 1. The molecule has 1 fully saturated rings. The second-order valence-corrected chi connectivity index (χ2v) is 9.72. The van der Waals surface area contributed by atoms with Crippen LogP contribution in [-0.4, -0.2) is 34.9 Å². The molecular weight excluding hydrogens is 474 g/mol. The van der Waals surface area contributed by atoms with Gasteiger partial charge in [0.25, 0.3) is 0 Å². The predicted molar refractivity (Wildman–Crippen MR) is 130 cm³/mol. The van der Waals surface area contributed by atoms with Gasteiger partial charge >= 0.3 is 0 Å². The van der Waals surface area contributed by atoms with Crippen LogP contribution in [0.2, 0.25) is 0 Å². The van der Waals surface area contributed by atoms with Gasteiger partial charge in [0.15, 0.2) is 28.8 Å². The first-order chi connectivity index (χ1) is 16.6. The maximum absolute atomic E-state index is 13.0. The molecule has 0 unspecified atom stereocenters. The molecule has 1 N–H and O–H groups in total. The van der Waals surface area contributed by atoms with Crippen molar-refractivity contribution in [2.24, 2.45) is 0 Å². The highest BCUT2D eigenvalue weighted by Gasteiger charge is 2.39. The average Bonchev–Trinajstić information content (AvgIpc) is 3.57. The van der Waals surface area contributed by atoms with Crippen molar-refractivity contribution in [3.05, 3.63) is 62.4 Å². The third-order valence-electron chi connectivity index (χ3n) is 5.34. The first-order valence-electron chi connectivity index (χ1n) is 10.6. The van der Waals surface area contributed by atoms with Gasteiger partial charge in [0.2, 0.25) is 6.79 Å². The Morgan fingerprint density at radius 3 is 2.79 bits per heavy atom. The summed E-state index contributed by atoms with van der Waals surface area (Å²) < 4.78 is 22.2. The third kappa shape index (κ3) is 4.38. The Morgan fingerprint density at radius 2 is 2.00 bits per heavy atom. The number of hydrogen-bond acceptors (Lipinski definition) is 10. The smallest absolute Gasteiger partial charge is 0.231 e. The van der Waals surface area contributed by atoms with E-state index >= 15 is 0 Å². The fourth-order valence-electron chi connectivity index (χ4n) is 3.58. The summed E-state index contributed by atoms with van der Waals surface area (Å²) in [4.78, 5) is 13.5. The molecule has 2 aromatic carbocycles. The molecule has 1 saturated heterocycles. The fourth-order valence-corrected chi connectivity index (χ4v) is 5.53. The van der Waals surface area contributed by atoms with E-state index in [2.05, 4.69) is 10.2 Å². The zero-order valence-electron chi connectivity index (χ0n) is 18.5. The van der Waals surface area contributed by atoms with Crippen LogP contribution in [0.25, 0.3) is 6.08 Å². The summed E-state index contributed by atoms with van der Waals surface area (Å²) in [6, 6.07) is 11.2. The van der Waals surface area contributed by atoms with E-state index in [4.69, 9.17) is 24.4 Å². The number of nitrogens with zero attached hydrogens (tertiary/aromatic N) is 2. The molecular formula is C24H21N3O5S2. The van der Waals surface area contributed by atoms with Crippen LogP contribution in [0.15, 0.2) is 41.3 Å². The Kier molecular flexibility index (Phi) is 6.25. The summed E-state index contributed by atoms with van der Waals surface area (Å²) >= 11 is 2.55. The minimum absolute atomic E-state index is 0.129. The van der Waals surface area contributed by atoms with Crippen molar-refractivity contribution in [1.29, 1.82) is 5.41 Å². The molecule has 5 rings (SSSR count). The average molecular weight is 496 g/mol. The lowest BCUT2D eigenvalue weighted by atomic mass is 10.1. The Bertz CT molecular complexity index is 1300. The van der Waals surface area contributed by atoms with Crippen molar-refractivity contribution in [3.8, 4) is 23.0 Å². The minimum Gasteiger partial charge on any atom is -0.493 e. The molecule has 0 aliphatic carbocycles. The molecule has 0 radical (unpaired) electrons. The Labute approximate surface area is 204 Å². The van der Waals surface area contributed by atoms with E-state index in [9.17, 15) is 4.79 Å². The number of rotatable bonds is 7. The number of benzene rings is 2. The van der Waals surface area contributed by atoms with Gasteiger partial charge < -0.3 is 18.9 Å². The van der Waals surface area contributed by atoms with E-state index in [1.165, 1.54) is 11.3 Å². The number of carbonyl (C=O) groups is 1. The Balaban J connectivity index is 1.31. The number of fused-ring (bicyclic) bond motifs is 1. The lowest BCUT2D eigenvalue weighted by Gasteiger charge is -2.12. The summed E-state index contributed by atoms with van der Waals surface area (Å²) in [7, 11) is 1.57. The summed E-state index contributed by atoms with van der Waals surface area (Å²) in [5, 5.41) is 18.2. The number of aryl methyl sites for hydroxylation is 1. The highest BCUT2D eigenvalue weighted by Crippen LogP contribution is 2.42. The van der Waals surface area contributed by atoms with Crippen molar-refractivity contribution in [2.75, 3.05) is 13.9 Å². The van der Waals surface area contributed by atoms with Gasteiger partial charge in [-0.2, -0.15) is 0 Å². The zero-order valence-corrected chi connectivity index (χ0v) is 20.1. The molecule has 1 atom stereocenters. The molecule has 0 spiro atoms. The fraction of sp³-hybridized carbons (Fsp3) is 0.250. The number of ether oxygens (including phenoxy) is 4. The van der Waals surface area contributed by atoms with Gasteiger partial charge in [0, 0.05) is 0 Å². The quantitative estimate of drug-likeness (QED) is 0.465. The minimum atomic E-state index is -0.666. The number of hydrogen-bond donors (Lipinski definition) is 1. The van der Waals surface area contributed by atoms with Crippen LogP contribution in [0.4, 0.5) is 0 Å². The number of carbonyl (C=O) groups excluding carboxylic acids is 1. The molecule has 1 aromatic heterocycles. The highest BCUT2D eigenvalue weighted by molar-refractivity contribution is 8.19. The summed E-state index contributed by atoms with van der Waals surface area (Å²) in [6.07, 6.45) is 2.53. The largest absolute Gasteiger partial charge is 0.493 e. The normalized spacial score (nSPS) is 18.1. The van der Waals surface area contributed by atoms with Crippen molar-refractivity contribution >= 4 is 40.0 Å². The molecule has 3 heterocycles. The van der Waals surface area contributed by atoms with E-state index in [0.29, 0.717) is 33.8 Å². The molecule has 0 saturated carbocycles. The van der Waals surface area contributed by atoms with Crippen molar-refractivity contribution in [1.82, 2.24) is 10.2 Å². The van der Waals surface area contributed by atoms with Crippen LogP contribution < -0.4 is 18.9 Å². The highest BCUT2D eigenvalue weighted by atomic mass is 32.2. The lowest BCUT2D eigenvalue weighted by molar-refractivity contribution is -0.114. The second kappa shape index (κ2) is 9.47. The van der Waals surface area contributed by atoms with Crippen LogP contribution in [0.1, 0.15) is 34.0 Å². The number of methoxy groups -OCH3 is 1. The van der Waals surface area contributed by atoms with Gasteiger partial charge in [-0.1, -0.05) is 30.8 Å². The predicted octanol–water partition coefficient (Wildman–Crippen LogP) is 4.83. The zero-order chi connectivity index (χ0) is 23.7. The molecule has 0 amide bonds. The molecule has 2 aliphatic heterocycles. The summed E-state index contributed by atoms with van der Waals surface area (Å²) in [6.45, 7) is 2.55. The summed E-state index contributed by atoms with van der Waals surface area (Å²) in [5.74, 6) is 1.77. The molecule has 3 aromatic rings. The SMILES string of the molecule is CCc1nnc([C@H]2C(=N)S/C(=C\c3ccc(OCc4ccc5c(c4)OCO5)c(OC)c3)C2=O)s1. The molecule has 10 heteroatoms. The van der Waals surface area contributed by atoms with Gasteiger partial charge in [-0.05, 0) is 47.9 Å². The number of allylic oxidation sites excluding steroid dienone is 1. The van der Waals surface area contributed by atoms with Crippen molar-refractivity contribution < 1.29 is 23.7 Å². The second-order valence-electron chi connectivity index (χ2n) is 7.55. The number of ketones is 1. The van der Waals surface area contributed by atoms with Gasteiger partial charge in [0.1, 0.15) is 22.5 Å². The first kappa shape index (κ1) is 22.4. The van der Waals surface area contributed by atoms with Gasteiger partial charge in [0.05, 0.1) is 17.1 Å². The van der Waals surface area contributed by atoms with E-state index in [1.54, 1.807) is 13.2 Å². The first-order valence-corrected chi connectivity index (χ1v) is 12.2.